The first kappa shape index (κ1) is 14.0. The summed E-state index contributed by atoms with van der Waals surface area (Å²) >= 11 is 0. The van der Waals surface area contributed by atoms with Gasteiger partial charge in [-0.2, -0.15) is 0 Å². The molecule has 1 atom stereocenters. The Morgan fingerprint density at radius 1 is 1.35 bits per heavy atom. The maximum Gasteiger partial charge on any atom is 0.325 e. The lowest BCUT2D eigenvalue weighted by atomic mass is 10.1. The van der Waals surface area contributed by atoms with Crippen molar-refractivity contribution < 1.29 is 14.3 Å². The zero-order valence-electron chi connectivity index (χ0n) is 11.1. The van der Waals surface area contributed by atoms with Crippen molar-refractivity contribution in [2.75, 3.05) is 13.7 Å². The van der Waals surface area contributed by atoms with Crippen molar-refractivity contribution in [1.82, 2.24) is 4.90 Å². The van der Waals surface area contributed by atoms with Gasteiger partial charge in [-0.05, 0) is 19.3 Å². The second kappa shape index (κ2) is 6.62. The molecule has 0 aromatic heterocycles. The van der Waals surface area contributed by atoms with Crippen LogP contribution in [0.25, 0.3) is 0 Å². The van der Waals surface area contributed by atoms with Crippen molar-refractivity contribution in [3.05, 3.63) is 0 Å². The van der Waals surface area contributed by atoms with Crippen LogP contribution in [0.2, 0.25) is 0 Å². The zero-order chi connectivity index (χ0) is 12.8. The number of hydrogen-bond donors (Lipinski definition) is 0. The van der Waals surface area contributed by atoms with Crippen molar-refractivity contribution >= 4 is 11.9 Å². The summed E-state index contributed by atoms with van der Waals surface area (Å²) in [5.74, 6) is -0.251. The van der Waals surface area contributed by atoms with Gasteiger partial charge in [0.25, 0.3) is 0 Å². The Bertz CT molecular complexity index is 272. The molecule has 1 aliphatic rings. The van der Waals surface area contributed by atoms with E-state index in [9.17, 15) is 9.59 Å². The van der Waals surface area contributed by atoms with Gasteiger partial charge in [0.05, 0.1) is 7.11 Å². The molecule has 0 saturated heterocycles. The lowest BCUT2D eigenvalue weighted by Gasteiger charge is -2.30. The van der Waals surface area contributed by atoms with Gasteiger partial charge in [0, 0.05) is 12.0 Å². The van der Waals surface area contributed by atoms with E-state index in [0.29, 0.717) is 0 Å². The highest BCUT2D eigenvalue weighted by Crippen LogP contribution is 2.25. The van der Waals surface area contributed by atoms with Crippen LogP contribution < -0.4 is 0 Å². The highest BCUT2D eigenvalue weighted by atomic mass is 16.5. The summed E-state index contributed by atoms with van der Waals surface area (Å²) in [5, 5.41) is 0. The summed E-state index contributed by atoms with van der Waals surface area (Å²) in [6, 6.07) is 0.232. The largest absolute Gasteiger partial charge is 0.468 e. The monoisotopic (exact) mass is 241 g/mol. The molecule has 4 heteroatoms. The van der Waals surface area contributed by atoms with Gasteiger partial charge in [-0.15, -0.1) is 0 Å². The van der Waals surface area contributed by atoms with Crippen molar-refractivity contribution in [2.24, 2.45) is 5.92 Å². The van der Waals surface area contributed by atoms with Crippen LogP contribution in [0, 0.1) is 5.92 Å². The Kier molecular flexibility index (Phi) is 5.45. The van der Waals surface area contributed by atoms with Crippen LogP contribution in [0.1, 0.15) is 46.0 Å². The van der Waals surface area contributed by atoms with Gasteiger partial charge in [0.1, 0.15) is 6.54 Å². The SMILES string of the molecule is CCC(C)C(=O)N(CC(=O)OC)C1CCCC1. The third kappa shape index (κ3) is 3.72. The topological polar surface area (TPSA) is 46.6 Å². The molecular weight excluding hydrogens is 218 g/mol. The average molecular weight is 241 g/mol. The normalized spacial score (nSPS) is 17.8. The molecule has 4 nitrogen and oxygen atoms in total. The number of nitrogens with zero attached hydrogens (tertiary/aromatic N) is 1. The van der Waals surface area contributed by atoms with Crippen LogP contribution in [0.3, 0.4) is 0 Å². The summed E-state index contributed by atoms with van der Waals surface area (Å²) in [7, 11) is 1.36. The maximum atomic E-state index is 12.2. The quantitative estimate of drug-likeness (QED) is 0.691. The van der Waals surface area contributed by atoms with E-state index in [1.54, 1.807) is 4.90 Å². The van der Waals surface area contributed by atoms with Gasteiger partial charge in [-0.1, -0.05) is 26.7 Å². The zero-order valence-corrected chi connectivity index (χ0v) is 11.1. The van der Waals surface area contributed by atoms with E-state index in [2.05, 4.69) is 4.74 Å². The summed E-state index contributed by atoms with van der Waals surface area (Å²) in [5.41, 5.74) is 0. The fourth-order valence-corrected chi connectivity index (χ4v) is 2.26. The van der Waals surface area contributed by atoms with Gasteiger partial charge >= 0.3 is 5.97 Å². The van der Waals surface area contributed by atoms with Gasteiger partial charge in [0.15, 0.2) is 0 Å². The molecule has 0 bridgehead atoms. The molecule has 0 aromatic carbocycles. The first-order valence-electron chi connectivity index (χ1n) is 6.47. The number of methoxy groups -OCH3 is 1. The van der Waals surface area contributed by atoms with Gasteiger partial charge in [-0.3, -0.25) is 9.59 Å². The predicted octanol–water partition coefficient (Wildman–Crippen LogP) is 1.98. The third-order valence-corrected chi connectivity index (χ3v) is 3.61. The molecule has 0 N–H and O–H groups in total. The number of carbonyl (C=O) groups is 2. The number of amides is 1. The molecule has 1 aliphatic carbocycles. The first-order chi connectivity index (χ1) is 8.10. The minimum Gasteiger partial charge on any atom is -0.468 e. The van der Waals surface area contributed by atoms with E-state index in [4.69, 9.17) is 0 Å². The van der Waals surface area contributed by atoms with Crippen LogP contribution >= 0.6 is 0 Å². The molecule has 98 valence electrons. The maximum absolute atomic E-state index is 12.2. The van der Waals surface area contributed by atoms with E-state index in [1.807, 2.05) is 13.8 Å². The molecule has 17 heavy (non-hydrogen) atoms. The molecule has 1 unspecified atom stereocenters. The summed E-state index contributed by atoms with van der Waals surface area (Å²) in [6.07, 6.45) is 5.13. The number of ether oxygens (including phenoxy) is 1. The van der Waals surface area contributed by atoms with Crippen molar-refractivity contribution in [2.45, 2.75) is 52.0 Å². The van der Waals surface area contributed by atoms with Gasteiger partial charge < -0.3 is 9.64 Å². The lowest BCUT2D eigenvalue weighted by Crippen LogP contribution is -2.44. The Labute approximate surface area is 103 Å². The Morgan fingerprint density at radius 2 is 1.94 bits per heavy atom. The van der Waals surface area contributed by atoms with Gasteiger partial charge in [-0.25, -0.2) is 0 Å². The van der Waals surface area contributed by atoms with Crippen LogP contribution in [0.5, 0.6) is 0 Å². The fourth-order valence-electron chi connectivity index (χ4n) is 2.26. The Balaban J connectivity index is 2.70. The van der Waals surface area contributed by atoms with E-state index in [-0.39, 0.29) is 30.4 Å². The molecule has 1 amide bonds. The van der Waals surface area contributed by atoms with Gasteiger partial charge in [0.2, 0.25) is 5.91 Å². The molecular formula is C13H23NO3. The number of esters is 1. The van der Waals surface area contributed by atoms with E-state index >= 15 is 0 Å². The molecule has 0 aliphatic heterocycles. The average Bonchev–Trinajstić information content (AvgIpc) is 2.87. The second-order valence-electron chi connectivity index (χ2n) is 4.79. The van der Waals surface area contributed by atoms with E-state index in [0.717, 1.165) is 32.1 Å². The van der Waals surface area contributed by atoms with E-state index < -0.39 is 0 Å². The Hall–Kier alpha value is -1.06. The molecule has 0 spiro atoms. The lowest BCUT2D eigenvalue weighted by molar-refractivity contribution is -0.150. The van der Waals surface area contributed by atoms with Crippen molar-refractivity contribution in [3.63, 3.8) is 0 Å². The highest BCUT2D eigenvalue weighted by Gasteiger charge is 2.30. The highest BCUT2D eigenvalue weighted by molar-refractivity contribution is 5.83. The second-order valence-corrected chi connectivity index (χ2v) is 4.79. The fraction of sp³-hybridized carbons (Fsp3) is 0.846. The van der Waals surface area contributed by atoms with E-state index in [1.165, 1.54) is 7.11 Å². The van der Waals surface area contributed by atoms with Crippen LogP contribution in [-0.4, -0.2) is 36.5 Å². The molecule has 0 heterocycles. The van der Waals surface area contributed by atoms with Crippen LogP contribution in [0.15, 0.2) is 0 Å². The molecule has 1 saturated carbocycles. The van der Waals surface area contributed by atoms with Crippen LogP contribution in [0.4, 0.5) is 0 Å². The number of carbonyl (C=O) groups excluding carboxylic acids is 2. The first-order valence-corrected chi connectivity index (χ1v) is 6.47. The van der Waals surface area contributed by atoms with Crippen molar-refractivity contribution in [3.8, 4) is 0 Å². The molecule has 0 aromatic rings. The van der Waals surface area contributed by atoms with Crippen LogP contribution in [-0.2, 0) is 14.3 Å². The standard InChI is InChI=1S/C13H23NO3/c1-4-10(2)13(16)14(9-12(15)17-3)11-7-5-6-8-11/h10-11H,4-9H2,1-3H3. The Morgan fingerprint density at radius 3 is 2.41 bits per heavy atom. The smallest absolute Gasteiger partial charge is 0.325 e. The minimum absolute atomic E-state index is 0.0137. The number of rotatable bonds is 5. The predicted molar refractivity (Wildman–Crippen MR) is 65.4 cm³/mol. The molecule has 0 radical (unpaired) electrons. The summed E-state index contributed by atoms with van der Waals surface area (Å²) < 4.78 is 4.67. The molecule has 1 rings (SSSR count). The van der Waals surface area contributed by atoms with Crippen molar-refractivity contribution in [1.29, 1.82) is 0 Å². The third-order valence-electron chi connectivity index (χ3n) is 3.61. The summed E-state index contributed by atoms with van der Waals surface area (Å²) in [4.78, 5) is 25.3. The minimum atomic E-state index is -0.325. The summed E-state index contributed by atoms with van der Waals surface area (Å²) in [6.45, 7) is 4.01. The molecule has 1 fully saturated rings. The number of hydrogen-bond acceptors (Lipinski definition) is 3.